The van der Waals surface area contributed by atoms with Crippen molar-refractivity contribution in [2.45, 2.75) is 13.3 Å². The Morgan fingerprint density at radius 2 is 1.82 bits per heavy atom. The van der Waals surface area contributed by atoms with Crippen LogP contribution in [0, 0.1) is 5.92 Å². The second-order valence-corrected chi connectivity index (χ2v) is 7.33. The number of ether oxygens (including phenoxy) is 2. The van der Waals surface area contributed by atoms with E-state index in [1.807, 2.05) is 54.3 Å². The third kappa shape index (κ3) is 3.54. The predicted octanol–water partition coefficient (Wildman–Crippen LogP) is 3.02. The highest BCUT2D eigenvalue weighted by Crippen LogP contribution is 2.35. The Labute approximate surface area is 164 Å². The third-order valence-corrected chi connectivity index (χ3v) is 5.39. The van der Waals surface area contributed by atoms with E-state index in [9.17, 15) is 9.59 Å². The van der Waals surface area contributed by atoms with Crippen LogP contribution in [0.25, 0.3) is 11.1 Å². The molecule has 0 saturated carbocycles. The largest absolute Gasteiger partial charge is 0.454 e. The summed E-state index contributed by atoms with van der Waals surface area (Å²) in [5.41, 5.74) is 2.67. The summed E-state index contributed by atoms with van der Waals surface area (Å²) in [6, 6.07) is 13.4. The fourth-order valence-electron chi connectivity index (χ4n) is 3.85. The first-order valence-electron chi connectivity index (χ1n) is 9.58. The number of carbonyl (C=O) groups excluding carboxylic acids is 2. The molecule has 0 aromatic heterocycles. The van der Waals surface area contributed by atoms with E-state index in [4.69, 9.17) is 9.47 Å². The van der Waals surface area contributed by atoms with Gasteiger partial charge in [0.25, 0.3) is 5.91 Å². The summed E-state index contributed by atoms with van der Waals surface area (Å²) in [7, 11) is 1.80. The highest BCUT2D eigenvalue weighted by molar-refractivity contribution is 5.94. The topological polar surface area (TPSA) is 59.1 Å². The molecule has 146 valence electrons. The molecule has 28 heavy (non-hydrogen) atoms. The first kappa shape index (κ1) is 18.3. The smallest absolute Gasteiger partial charge is 0.253 e. The predicted molar refractivity (Wildman–Crippen MR) is 105 cm³/mol. The summed E-state index contributed by atoms with van der Waals surface area (Å²) in [4.78, 5) is 28.2. The summed E-state index contributed by atoms with van der Waals surface area (Å²) < 4.78 is 10.8. The Kier molecular flexibility index (Phi) is 4.94. The fourth-order valence-corrected chi connectivity index (χ4v) is 3.85. The SMILES string of the molecule is CCN1CC(CN(C)C(=O)c2ccc(-c3ccc4c(c3)OCO4)cc2)CC1=O. The van der Waals surface area contributed by atoms with Crippen LogP contribution in [0.3, 0.4) is 0 Å². The van der Waals surface area contributed by atoms with Gasteiger partial charge in [-0.3, -0.25) is 9.59 Å². The van der Waals surface area contributed by atoms with Crippen molar-refractivity contribution >= 4 is 11.8 Å². The van der Waals surface area contributed by atoms with E-state index in [0.717, 1.165) is 35.7 Å². The molecule has 1 fully saturated rings. The average Bonchev–Trinajstić information content (AvgIpc) is 3.32. The zero-order valence-electron chi connectivity index (χ0n) is 16.2. The van der Waals surface area contributed by atoms with Gasteiger partial charge in [0.2, 0.25) is 12.7 Å². The van der Waals surface area contributed by atoms with Crippen LogP contribution >= 0.6 is 0 Å². The molecule has 4 rings (SSSR count). The molecule has 1 unspecified atom stereocenters. The minimum absolute atomic E-state index is 0.0281. The van der Waals surface area contributed by atoms with E-state index in [-0.39, 0.29) is 24.5 Å². The number of amides is 2. The van der Waals surface area contributed by atoms with Crippen LogP contribution in [0.1, 0.15) is 23.7 Å². The van der Waals surface area contributed by atoms with Gasteiger partial charge in [0.05, 0.1) is 0 Å². The zero-order valence-corrected chi connectivity index (χ0v) is 16.2. The zero-order chi connectivity index (χ0) is 19.7. The number of carbonyl (C=O) groups is 2. The number of fused-ring (bicyclic) bond motifs is 1. The molecular formula is C22H24N2O4. The maximum atomic E-state index is 12.8. The van der Waals surface area contributed by atoms with Crippen LogP contribution < -0.4 is 9.47 Å². The van der Waals surface area contributed by atoms with Crippen molar-refractivity contribution < 1.29 is 19.1 Å². The first-order valence-corrected chi connectivity index (χ1v) is 9.58. The van der Waals surface area contributed by atoms with E-state index in [0.29, 0.717) is 18.5 Å². The van der Waals surface area contributed by atoms with Crippen LogP contribution in [0.4, 0.5) is 0 Å². The second-order valence-electron chi connectivity index (χ2n) is 7.33. The van der Waals surface area contributed by atoms with Gasteiger partial charge in [-0.2, -0.15) is 0 Å². The fraction of sp³-hybridized carbons (Fsp3) is 0.364. The third-order valence-electron chi connectivity index (χ3n) is 5.39. The van der Waals surface area contributed by atoms with Gasteiger partial charge in [0, 0.05) is 44.6 Å². The lowest BCUT2D eigenvalue weighted by molar-refractivity contribution is -0.127. The average molecular weight is 380 g/mol. The molecule has 0 bridgehead atoms. The number of nitrogens with zero attached hydrogens (tertiary/aromatic N) is 2. The van der Waals surface area contributed by atoms with E-state index in [2.05, 4.69) is 0 Å². The number of hydrogen-bond acceptors (Lipinski definition) is 4. The lowest BCUT2D eigenvalue weighted by atomic mass is 10.0. The lowest BCUT2D eigenvalue weighted by Gasteiger charge is -2.21. The van der Waals surface area contributed by atoms with Crippen LogP contribution in [0.15, 0.2) is 42.5 Å². The maximum absolute atomic E-state index is 12.8. The number of likely N-dealkylation sites (tertiary alicyclic amines) is 1. The summed E-state index contributed by atoms with van der Waals surface area (Å²) in [6.45, 7) is 4.29. The monoisotopic (exact) mass is 380 g/mol. The number of benzene rings is 2. The molecule has 0 aliphatic carbocycles. The summed E-state index contributed by atoms with van der Waals surface area (Å²) in [5, 5.41) is 0. The van der Waals surface area contributed by atoms with E-state index >= 15 is 0 Å². The van der Waals surface area contributed by atoms with Gasteiger partial charge in [0.1, 0.15) is 0 Å². The van der Waals surface area contributed by atoms with Gasteiger partial charge in [-0.05, 0) is 42.3 Å². The molecule has 2 aliphatic heterocycles. The Balaban J connectivity index is 1.42. The molecule has 2 heterocycles. The van der Waals surface area contributed by atoms with Crippen LogP contribution in [-0.2, 0) is 4.79 Å². The highest BCUT2D eigenvalue weighted by atomic mass is 16.7. The van der Waals surface area contributed by atoms with E-state index in [1.165, 1.54) is 0 Å². The lowest BCUT2D eigenvalue weighted by Crippen LogP contribution is -2.33. The van der Waals surface area contributed by atoms with Gasteiger partial charge in [-0.1, -0.05) is 18.2 Å². The van der Waals surface area contributed by atoms with Crippen LogP contribution in [0.2, 0.25) is 0 Å². The van der Waals surface area contributed by atoms with Crippen molar-refractivity contribution in [2.75, 3.05) is 33.5 Å². The molecule has 0 N–H and O–H groups in total. The van der Waals surface area contributed by atoms with Gasteiger partial charge in [-0.25, -0.2) is 0 Å². The minimum atomic E-state index is -0.0281. The quantitative estimate of drug-likeness (QED) is 0.800. The van der Waals surface area contributed by atoms with Crippen molar-refractivity contribution in [1.82, 2.24) is 9.80 Å². The molecule has 2 aliphatic rings. The minimum Gasteiger partial charge on any atom is -0.454 e. The first-order chi connectivity index (χ1) is 13.5. The molecule has 6 heteroatoms. The summed E-state index contributed by atoms with van der Waals surface area (Å²) in [5.74, 6) is 1.85. The molecule has 0 radical (unpaired) electrons. The van der Waals surface area contributed by atoms with Gasteiger partial charge in [0.15, 0.2) is 11.5 Å². The Morgan fingerprint density at radius 1 is 1.11 bits per heavy atom. The van der Waals surface area contributed by atoms with E-state index < -0.39 is 0 Å². The standard InChI is InChI=1S/C22H24N2O4/c1-3-24-13-15(10-21(24)25)12-23(2)22(26)17-6-4-16(5-7-17)18-8-9-19-20(11-18)28-14-27-19/h4-9,11,15H,3,10,12-14H2,1-2H3. The normalized spacial score (nSPS) is 17.9. The van der Waals surface area contributed by atoms with Crippen molar-refractivity contribution in [1.29, 1.82) is 0 Å². The number of hydrogen-bond donors (Lipinski definition) is 0. The van der Waals surface area contributed by atoms with Crippen molar-refractivity contribution in [3.05, 3.63) is 48.0 Å². The molecule has 1 atom stereocenters. The van der Waals surface area contributed by atoms with Crippen LogP contribution in [0.5, 0.6) is 11.5 Å². The van der Waals surface area contributed by atoms with Crippen molar-refractivity contribution in [3.8, 4) is 22.6 Å². The molecule has 6 nitrogen and oxygen atoms in total. The molecule has 2 aromatic rings. The Hall–Kier alpha value is -3.02. The van der Waals surface area contributed by atoms with Gasteiger partial charge in [-0.15, -0.1) is 0 Å². The van der Waals surface area contributed by atoms with E-state index in [1.54, 1.807) is 11.9 Å². The van der Waals surface area contributed by atoms with Gasteiger partial charge >= 0.3 is 0 Å². The molecule has 2 aromatic carbocycles. The van der Waals surface area contributed by atoms with Gasteiger partial charge < -0.3 is 19.3 Å². The highest BCUT2D eigenvalue weighted by Gasteiger charge is 2.30. The second kappa shape index (κ2) is 7.54. The maximum Gasteiger partial charge on any atom is 0.253 e. The molecular weight excluding hydrogens is 356 g/mol. The summed E-state index contributed by atoms with van der Waals surface area (Å²) in [6.07, 6.45) is 0.522. The Morgan fingerprint density at radius 3 is 2.54 bits per heavy atom. The Bertz CT molecular complexity index is 894. The molecule has 0 spiro atoms. The van der Waals surface area contributed by atoms with Crippen molar-refractivity contribution in [2.24, 2.45) is 5.92 Å². The number of rotatable bonds is 5. The summed E-state index contributed by atoms with van der Waals surface area (Å²) >= 11 is 0. The van der Waals surface area contributed by atoms with Crippen LogP contribution in [-0.4, -0.2) is 55.1 Å². The van der Waals surface area contributed by atoms with Crippen molar-refractivity contribution in [3.63, 3.8) is 0 Å². The molecule has 2 amide bonds. The molecule has 1 saturated heterocycles.